The smallest absolute Gasteiger partial charge is 0.293 e. The van der Waals surface area contributed by atoms with Gasteiger partial charge in [0, 0.05) is 29.5 Å². The molecular weight excluding hydrogens is 442 g/mol. The standard InChI is InChI=1S/C22H21N7O3S/c30-13-32-16-6-4-15(5-7-16)29-11-18(20(28-29)17-3-1-2-8-23-17)26-21(31)19-12-33-22(27-19)14-9-24-25-10-14/h1-3,8-13,15-16H,4-7H2,(H,24,25)(H,26,31)/t15-,16-. The van der Waals surface area contributed by atoms with Gasteiger partial charge >= 0.3 is 0 Å². The van der Waals surface area contributed by atoms with Gasteiger partial charge in [0.15, 0.2) is 0 Å². The second-order valence-electron chi connectivity index (χ2n) is 7.73. The van der Waals surface area contributed by atoms with Gasteiger partial charge in [-0.3, -0.25) is 24.4 Å². The average molecular weight is 464 g/mol. The number of amides is 1. The molecule has 0 radical (unpaired) electrons. The molecule has 10 nitrogen and oxygen atoms in total. The van der Waals surface area contributed by atoms with Crippen molar-refractivity contribution in [1.82, 2.24) is 29.9 Å². The summed E-state index contributed by atoms with van der Waals surface area (Å²) >= 11 is 1.38. The van der Waals surface area contributed by atoms with E-state index in [4.69, 9.17) is 9.84 Å². The van der Waals surface area contributed by atoms with Gasteiger partial charge in [-0.2, -0.15) is 10.2 Å². The van der Waals surface area contributed by atoms with Crippen LogP contribution in [0.1, 0.15) is 42.2 Å². The highest BCUT2D eigenvalue weighted by atomic mass is 32.1. The number of nitrogens with one attached hydrogen (secondary N) is 2. The number of nitrogens with zero attached hydrogens (tertiary/aromatic N) is 5. The minimum atomic E-state index is -0.319. The van der Waals surface area contributed by atoms with Crippen molar-refractivity contribution < 1.29 is 14.3 Å². The number of carbonyl (C=O) groups excluding carboxylic acids is 2. The van der Waals surface area contributed by atoms with Gasteiger partial charge in [0.05, 0.1) is 23.6 Å². The van der Waals surface area contributed by atoms with Crippen LogP contribution in [0.15, 0.2) is 48.4 Å². The lowest BCUT2D eigenvalue weighted by Gasteiger charge is -2.27. The molecule has 0 spiro atoms. The fourth-order valence-electron chi connectivity index (χ4n) is 3.95. The molecule has 4 aromatic heterocycles. The molecule has 11 heteroatoms. The number of H-pyrrole nitrogens is 1. The molecule has 0 unspecified atom stereocenters. The van der Waals surface area contributed by atoms with Crippen molar-refractivity contribution in [3.05, 3.63) is 54.1 Å². The highest BCUT2D eigenvalue weighted by Crippen LogP contribution is 2.33. The number of rotatable bonds is 7. The summed E-state index contributed by atoms with van der Waals surface area (Å²) in [5, 5.41) is 16.8. The Morgan fingerprint density at radius 3 is 2.88 bits per heavy atom. The van der Waals surface area contributed by atoms with Crippen molar-refractivity contribution in [2.45, 2.75) is 37.8 Å². The van der Waals surface area contributed by atoms with Crippen molar-refractivity contribution in [3.63, 3.8) is 0 Å². The molecule has 1 aliphatic carbocycles. The van der Waals surface area contributed by atoms with E-state index in [9.17, 15) is 9.59 Å². The van der Waals surface area contributed by atoms with Gasteiger partial charge in [-0.1, -0.05) is 6.07 Å². The lowest BCUT2D eigenvalue weighted by atomic mass is 9.93. The number of hydrogen-bond donors (Lipinski definition) is 2. The number of pyridine rings is 1. The Kier molecular flexibility index (Phi) is 5.94. The Bertz CT molecular complexity index is 1230. The third-order valence-corrected chi connectivity index (χ3v) is 6.53. The van der Waals surface area contributed by atoms with Gasteiger partial charge < -0.3 is 10.1 Å². The van der Waals surface area contributed by atoms with Crippen LogP contribution in [0.5, 0.6) is 0 Å². The first kappa shape index (κ1) is 21.0. The van der Waals surface area contributed by atoms with E-state index in [1.54, 1.807) is 24.0 Å². The molecule has 0 bridgehead atoms. The topological polar surface area (TPSA) is 128 Å². The number of carbonyl (C=O) groups is 2. The van der Waals surface area contributed by atoms with Gasteiger partial charge in [-0.05, 0) is 37.8 Å². The maximum atomic E-state index is 13.0. The summed E-state index contributed by atoms with van der Waals surface area (Å²) in [6.07, 6.45) is 10.1. The summed E-state index contributed by atoms with van der Waals surface area (Å²) < 4.78 is 6.99. The van der Waals surface area contributed by atoms with E-state index >= 15 is 0 Å². The zero-order valence-electron chi connectivity index (χ0n) is 17.5. The van der Waals surface area contributed by atoms with Crippen LogP contribution in [0.25, 0.3) is 22.0 Å². The third-order valence-electron chi connectivity index (χ3n) is 5.64. The van der Waals surface area contributed by atoms with Crippen LogP contribution >= 0.6 is 11.3 Å². The Balaban J connectivity index is 1.39. The zero-order chi connectivity index (χ0) is 22.6. The molecule has 4 aromatic rings. The normalized spacial score (nSPS) is 18.1. The number of thiazole rings is 1. The van der Waals surface area contributed by atoms with Crippen LogP contribution in [0, 0.1) is 0 Å². The van der Waals surface area contributed by atoms with Crippen LogP contribution in [-0.2, 0) is 9.53 Å². The second kappa shape index (κ2) is 9.33. The van der Waals surface area contributed by atoms with Crippen LogP contribution in [0.3, 0.4) is 0 Å². The molecule has 1 saturated carbocycles. The lowest BCUT2D eigenvalue weighted by Crippen LogP contribution is -2.23. The quantitative estimate of drug-likeness (QED) is 0.400. The summed E-state index contributed by atoms with van der Waals surface area (Å²) in [5.41, 5.74) is 2.99. The molecule has 1 amide bonds. The molecule has 2 N–H and O–H groups in total. The maximum Gasteiger partial charge on any atom is 0.293 e. The van der Waals surface area contributed by atoms with E-state index in [0.717, 1.165) is 31.2 Å². The van der Waals surface area contributed by atoms with Gasteiger partial charge in [0.2, 0.25) is 0 Å². The van der Waals surface area contributed by atoms with Gasteiger partial charge in [-0.15, -0.1) is 11.3 Å². The number of aromatic amines is 1. The predicted molar refractivity (Wildman–Crippen MR) is 122 cm³/mol. The van der Waals surface area contributed by atoms with Gasteiger partial charge in [-0.25, -0.2) is 4.98 Å². The third kappa shape index (κ3) is 4.53. The molecule has 168 valence electrons. The summed E-state index contributed by atoms with van der Waals surface area (Å²) in [4.78, 5) is 32.5. The monoisotopic (exact) mass is 463 g/mol. The fraction of sp³-hybridized carbons (Fsp3) is 0.273. The van der Waals surface area contributed by atoms with Crippen LogP contribution < -0.4 is 5.32 Å². The summed E-state index contributed by atoms with van der Waals surface area (Å²) in [5.74, 6) is -0.319. The summed E-state index contributed by atoms with van der Waals surface area (Å²) in [6, 6.07) is 5.72. The minimum absolute atomic E-state index is 0.0437. The predicted octanol–water partition coefficient (Wildman–Crippen LogP) is 3.70. The second-order valence-corrected chi connectivity index (χ2v) is 8.59. The van der Waals surface area contributed by atoms with Gasteiger partial charge in [0.1, 0.15) is 22.5 Å². The summed E-state index contributed by atoms with van der Waals surface area (Å²) in [6.45, 7) is 0.516. The maximum absolute atomic E-state index is 13.0. The first-order valence-electron chi connectivity index (χ1n) is 10.6. The van der Waals surface area contributed by atoms with Crippen LogP contribution in [0.2, 0.25) is 0 Å². The molecule has 5 rings (SSSR count). The Morgan fingerprint density at radius 2 is 2.15 bits per heavy atom. The van der Waals surface area contributed by atoms with Crippen molar-refractivity contribution in [1.29, 1.82) is 0 Å². The van der Waals surface area contributed by atoms with Crippen molar-refractivity contribution in [2.75, 3.05) is 5.32 Å². The zero-order valence-corrected chi connectivity index (χ0v) is 18.4. The molecule has 4 heterocycles. The Morgan fingerprint density at radius 1 is 1.27 bits per heavy atom. The number of anilines is 1. The molecule has 0 atom stereocenters. The van der Waals surface area contributed by atoms with Crippen LogP contribution in [-0.4, -0.2) is 48.4 Å². The number of aromatic nitrogens is 6. The van der Waals surface area contributed by atoms with Gasteiger partial charge in [0.25, 0.3) is 12.4 Å². The first-order chi connectivity index (χ1) is 16.2. The summed E-state index contributed by atoms with van der Waals surface area (Å²) in [7, 11) is 0. The van der Waals surface area contributed by atoms with E-state index < -0.39 is 0 Å². The van der Waals surface area contributed by atoms with Crippen molar-refractivity contribution >= 4 is 29.4 Å². The number of hydrogen-bond acceptors (Lipinski definition) is 8. The fourth-order valence-corrected chi connectivity index (χ4v) is 4.73. The molecule has 0 aliphatic heterocycles. The highest BCUT2D eigenvalue weighted by Gasteiger charge is 2.26. The molecule has 1 aliphatic rings. The minimum Gasteiger partial charge on any atom is -0.465 e. The Hall–Kier alpha value is -3.86. The molecule has 0 saturated heterocycles. The first-order valence-corrected chi connectivity index (χ1v) is 11.4. The van der Waals surface area contributed by atoms with E-state index in [0.29, 0.717) is 34.2 Å². The van der Waals surface area contributed by atoms with E-state index in [2.05, 4.69) is 25.5 Å². The van der Waals surface area contributed by atoms with E-state index in [1.165, 1.54) is 11.3 Å². The van der Waals surface area contributed by atoms with E-state index in [-0.39, 0.29) is 18.1 Å². The highest BCUT2D eigenvalue weighted by molar-refractivity contribution is 7.13. The van der Waals surface area contributed by atoms with E-state index in [1.807, 2.05) is 29.1 Å². The average Bonchev–Trinajstić information content (AvgIpc) is 3.61. The SMILES string of the molecule is O=CO[C@H]1CC[C@H](n2cc(NC(=O)c3csc(-c4cn[nH]c4)n3)c(-c3ccccn3)n2)CC1. The molecular formula is C22H21N7O3S. The Labute approximate surface area is 193 Å². The largest absolute Gasteiger partial charge is 0.465 e. The van der Waals surface area contributed by atoms with Crippen LogP contribution in [0.4, 0.5) is 5.69 Å². The number of ether oxygens (including phenoxy) is 1. The molecule has 33 heavy (non-hydrogen) atoms. The molecule has 0 aromatic carbocycles. The lowest BCUT2D eigenvalue weighted by molar-refractivity contribution is -0.135. The van der Waals surface area contributed by atoms with Crippen molar-refractivity contribution in [2.24, 2.45) is 0 Å². The van der Waals surface area contributed by atoms with Crippen molar-refractivity contribution in [3.8, 4) is 22.0 Å². The molecule has 1 fully saturated rings.